The second kappa shape index (κ2) is 9.73. The van der Waals surface area contributed by atoms with Gasteiger partial charge in [0, 0.05) is 28.0 Å². The normalized spacial score (nSPS) is 13.5. The molecule has 0 spiro atoms. The molecule has 1 aromatic heterocycles. The Labute approximate surface area is 191 Å². The van der Waals surface area contributed by atoms with Crippen LogP contribution in [0.3, 0.4) is 0 Å². The fraction of sp³-hybridized carbons (Fsp3) is 0.346. The highest BCUT2D eigenvalue weighted by Gasteiger charge is 2.41. The van der Waals surface area contributed by atoms with Crippen molar-refractivity contribution < 1.29 is 31.9 Å². The van der Waals surface area contributed by atoms with Gasteiger partial charge in [0.2, 0.25) is 0 Å². The number of esters is 1. The van der Waals surface area contributed by atoms with Crippen LogP contribution in [0.1, 0.15) is 32.8 Å². The Balaban J connectivity index is 1.79. The number of ether oxygens (including phenoxy) is 2. The quantitative estimate of drug-likeness (QED) is 0.252. The Hall–Kier alpha value is -3.22. The van der Waals surface area contributed by atoms with Gasteiger partial charge in [-0.3, -0.25) is 0 Å². The van der Waals surface area contributed by atoms with Gasteiger partial charge in [-0.05, 0) is 37.1 Å². The minimum Gasteiger partial charge on any atom is -0.493 e. The van der Waals surface area contributed by atoms with Crippen molar-refractivity contribution in [3.8, 4) is 17.1 Å². The summed E-state index contributed by atoms with van der Waals surface area (Å²) in [6.07, 6.45) is -4.75. The van der Waals surface area contributed by atoms with Crippen molar-refractivity contribution in [2.24, 2.45) is 5.41 Å². The number of hydrogen-bond acceptors (Lipinski definition) is 4. The van der Waals surface area contributed by atoms with E-state index in [1.54, 1.807) is 18.2 Å². The molecule has 1 heterocycles. The minimum absolute atomic E-state index is 0.119. The summed E-state index contributed by atoms with van der Waals surface area (Å²) in [6, 6.07) is 15.0. The van der Waals surface area contributed by atoms with Gasteiger partial charge in [0.15, 0.2) is 0 Å². The number of rotatable bonds is 9. The van der Waals surface area contributed by atoms with E-state index in [0.29, 0.717) is 17.1 Å². The molecule has 33 heavy (non-hydrogen) atoms. The second-order valence-electron chi connectivity index (χ2n) is 8.57. The lowest BCUT2D eigenvalue weighted by Gasteiger charge is -2.30. The summed E-state index contributed by atoms with van der Waals surface area (Å²) in [4.78, 5) is 11.7. The van der Waals surface area contributed by atoms with Gasteiger partial charge in [-0.1, -0.05) is 44.7 Å². The lowest BCUT2D eigenvalue weighted by Crippen LogP contribution is -2.36. The second-order valence-corrected chi connectivity index (χ2v) is 8.57. The summed E-state index contributed by atoms with van der Waals surface area (Å²) in [5, 5.41) is 0.858. The number of carbonyl (C=O) groups excluding carboxylic acids is 1. The zero-order chi connectivity index (χ0) is 24.2. The Kier molecular flexibility index (Phi) is 7.20. The standard InChI is InChI=1S/C26H27F3O4/c1-5-18-8-6-7-9-21(18)23-12-19-10-11-20(13-22(19)33-23)31-15-25(4,14-26(27,28)29)16-32-24(30)17(2)3/h6-13H,2,5,14-16H2,1,3-4H3. The average molecular weight is 460 g/mol. The van der Waals surface area contributed by atoms with Crippen LogP contribution in [-0.2, 0) is 16.0 Å². The van der Waals surface area contributed by atoms with E-state index >= 15 is 0 Å². The van der Waals surface area contributed by atoms with Crippen LogP contribution in [0.5, 0.6) is 5.75 Å². The monoisotopic (exact) mass is 460 g/mol. The highest BCUT2D eigenvalue weighted by molar-refractivity contribution is 5.87. The highest BCUT2D eigenvalue weighted by atomic mass is 19.4. The molecule has 3 rings (SSSR count). The maximum Gasteiger partial charge on any atom is 0.389 e. The lowest BCUT2D eigenvalue weighted by atomic mass is 9.88. The van der Waals surface area contributed by atoms with Gasteiger partial charge in [0.25, 0.3) is 0 Å². The molecular formula is C26H27F3O4. The van der Waals surface area contributed by atoms with Crippen molar-refractivity contribution in [2.75, 3.05) is 13.2 Å². The van der Waals surface area contributed by atoms with Crippen molar-refractivity contribution in [1.29, 1.82) is 0 Å². The number of halogens is 3. The summed E-state index contributed by atoms with van der Waals surface area (Å²) in [7, 11) is 0. The molecule has 0 aliphatic rings. The first-order valence-corrected chi connectivity index (χ1v) is 10.6. The molecule has 0 bridgehead atoms. The van der Waals surface area contributed by atoms with Crippen molar-refractivity contribution in [1.82, 2.24) is 0 Å². The topological polar surface area (TPSA) is 48.7 Å². The van der Waals surface area contributed by atoms with E-state index in [-0.39, 0.29) is 12.2 Å². The SMILES string of the molecule is C=C(C)C(=O)OCC(C)(COc1ccc2cc(-c3ccccc3CC)oc2c1)CC(F)(F)F. The molecular weight excluding hydrogens is 433 g/mol. The molecule has 0 saturated carbocycles. The third-order valence-corrected chi connectivity index (χ3v) is 5.27. The van der Waals surface area contributed by atoms with E-state index in [4.69, 9.17) is 13.9 Å². The molecule has 1 unspecified atom stereocenters. The zero-order valence-corrected chi connectivity index (χ0v) is 18.9. The molecule has 0 radical (unpaired) electrons. The molecule has 4 nitrogen and oxygen atoms in total. The molecule has 3 aromatic rings. The van der Waals surface area contributed by atoms with Crippen LogP contribution in [0, 0.1) is 5.41 Å². The summed E-state index contributed by atoms with van der Waals surface area (Å²) in [5.74, 6) is 0.348. The van der Waals surface area contributed by atoms with Crippen LogP contribution in [0.15, 0.2) is 65.1 Å². The number of carbonyl (C=O) groups is 1. The van der Waals surface area contributed by atoms with E-state index < -0.39 is 30.6 Å². The Morgan fingerprint density at radius 3 is 2.48 bits per heavy atom. The van der Waals surface area contributed by atoms with Gasteiger partial charge in [-0.15, -0.1) is 0 Å². The molecule has 176 valence electrons. The smallest absolute Gasteiger partial charge is 0.389 e. The predicted octanol–water partition coefficient (Wildman–Crippen LogP) is 7.12. The maximum atomic E-state index is 13.2. The van der Waals surface area contributed by atoms with Gasteiger partial charge < -0.3 is 13.9 Å². The van der Waals surface area contributed by atoms with Crippen LogP contribution >= 0.6 is 0 Å². The Morgan fingerprint density at radius 2 is 1.82 bits per heavy atom. The van der Waals surface area contributed by atoms with Crippen LogP contribution in [0.2, 0.25) is 0 Å². The number of furan rings is 1. The molecule has 0 amide bonds. The maximum absolute atomic E-state index is 13.2. The van der Waals surface area contributed by atoms with E-state index in [9.17, 15) is 18.0 Å². The number of hydrogen-bond donors (Lipinski definition) is 0. The minimum atomic E-state index is -4.44. The summed E-state index contributed by atoms with van der Waals surface area (Å²) < 4.78 is 56.2. The molecule has 0 saturated heterocycles. The first-order valence-electron chi connectivity index (χ1n) is 10.6. The molecule has 7 heteroatoms. The van der Waals surface area contributed by atoms with Crippen molar-refractivity contribution in [2.45, 2.75) is 39.8 Å². The van der Waals surface area contributed by atoms with E-state index in [2.05, 4.69) is 13.5 Å². The van der Waals surface area contributed by atoms with Crippen LogP contribution < -0.4 is 4.74 Å². The molecule has 1 atom stereocenters. The van der Waals surface area contributed by atoms with Gasteiger partial charge >= 0.3 is 12.1 Å². The van der Waals surface area contributed by atoms with Crippen LogP contribution in [0.25, 0.3) is 22.3 Å². The fourth-order valence-corrected chi connectivity index (χ4v) is 3.55. The van der Waals surface area contributed by atoms with Crippen molar-refractivity contribution in [3.63, 3.8) is 0 Å². The average Bonchev–Trinajstić information content (AvgIpc) is 3.18. The van der Waals surface area contributed by atoms with Gasteiger partial charge in [0.05, 0.1) is 13.0 Å². The molecule has 2 aromatic carbocycles. The third kappa shape index (κ3) is 6.40. The molecule has 0 fully saturated rings. The summed E-state index contributed by atoms with van der Waals surface area (Å²) >= 11 is 0. The number of alkyl halides is 3. The lowest BCUT2D eigenvalue weighted by molar-refractivity contribution is -0.173. The first kappa shape index (κ1) is 24.4. The van der Waals surface area contributed by atoms with Crippen LogP contribution in [0.4, 0.5) is 13.2 Å². The number of aryl methyl sites for hydroxylation is 1. The van der Waals surface area contributed by atoms with Gasteiger partial charge in [-0.2, -0.15) is 13.2 Å². The van der Waals surface area contributed by atoms with E-state index in [1.807, 2.05) is 30.3 Å². The van der Waals surface area contributed by atoms with Gasteiger partial charge in [-0.25, -0.2) is 4.79 Å². The van der Waals surface area contributed by atoms with E-state index in [0.717, 1.165) is 22.9 Å². The summed E-state index contributed by atoms with van der Waals surface area (Å²) in [6.45, 7) is 7.58. The highest BCUT2D eigenvalue weighted by Crippen LogP contribution is 2.36. The Bertz CT molecular complexity index is 1150. The first-order chi connectivity index (χ1) is 15.5. The largest absolute Gasteiger partial charge is 0.493 e. The van der Waals surface area contributed by atoms with E-state index in [1.165, 1.54) is 13.8 Å². The van der Waals surface area contributed by atoms with Crippen molar-refractivity contribution >= 4 is 16.9 Å². The number of benzene rings is 2. The fourth-order valence-electron chi connectivity index (χ4n) is 3.55. The van der Waals surface area contributed by atoms with Gasteiger partial charge in [0.1, 0.15) is 23.7 Å². The zero-order valence-electron chi connectivity index (χ0n) is 18.9. The predicted molar refractivity (Wildman–Crippen MR) is 121 cm³/mol. The number of fused-ring (bicyclic) bond motifs is 1. The van der Waals surface area contributed by atoms with Crippen molar-refractivity contribution in [3.05, 3.63) is 66.2 Å². The summed E-state index contributed by atoms with van der Waals surface area (Å²) in [5.41, 5.74) is 1.37. The molecule has 0 N–H and O–H groups in total. The molecule has 0 aliphatic heterocycles. The Morgan fingerprint density at radius 1 is 1.09 bits per heavy atom. The molecule has 0 aliphatic carbocycles. The van der Waals surface area contributed by atoms with Crippen LogP contribution in [-0.4, -0.2) is 25.4 Å². The third-order valence-electron chi connectivity index (χ3n) is 5.27.